The van der Waals surface area contributed by atoms with E-state index < -0.39 is 23.3 Å². The maximum absolute atomic E-state index is 11.7. The Labute approximate surface area is 128 Å². The molecule has 114 valence electrons. The first-order valence-electron chi connectivity index (χ1n) is 6.83. The van der Waals surface area contributed by atoms with Crippen molar-refractivity contribution in [3.8, 4) is 0 Å². The number of hydrogen-bond acceptors (Lipinski definition) is 3. The number of nitrogens with two attached hydrogens (primary N) is 1. The van der Waals surface area contributed by atoms with Gasteiger partial charge in [0.15, 0.2) is 0 Å². The van der Waals surface area contributed by atoms with Crippen LogP contribution in [0.1, 0.15) is 37.0 Å². The van der Waals surface area contributed by atoms with Gasteiger partial charge in [0.2, 0.25) is 0 Å². The molecule has 0 aromatic heterocycles. The molecule has 1 aromatic rings. The van der Waals surface area contributed by atoms with Crippen molar-refractivity contribution in [2.24, 2.45) is 11.1 Å². The Morgan fingerprint density at radius 3 is 2.67 bits per heavy atom. The number of nitrogens with zero attached hydrogens (tertiary/aromatic N) is 1. The summed E-state index contributed by atoms with van der Waals surface area (Å²) in [6, 6.07) is 4.01. The molecule has 2 rings (SSSR count). The van der Waals surface area contributed by atoms with Crippen LogP contribution in [0.4, 0.5) is 5.69 Å². The third-order valence-corrected chi connectivity index (χ3v) is 4.28. The van der Waals surface area contributed by atoms with Crippen LogP contribution in [0.15, 0.2) is 18.2 Å². The van der Waals surface area contributed by atoms with Gasteiger partial charge in [0.1, 0.15) is 6.04 Å². The molecule has 21 heavy (non-hydrogen) atoms. The lowest BCUT2D eigenvalue weighted by Crippen LogP contribution is -2.54. The van der Waals surface area contributed by atoms with E-state index in [0.717, 1.165) is 12.8 Å². The highest BCUT2D eigenvalue weighted by molar-refractivity contribution is 6.31. The zero-order valence-electron chi connectivity index (χ0n) is 12.1. The van der Waals surface area contributed by atoms with Gasteiger partial charge >= 0.3 is 5.97 Å². The van der Waals surface area contributed by atoms with Gasteiger partial charge in [0.25, 0.3) is 5.91 Å². The number of carbonyl (C=O) groups excluding carboxylic acids is 1. The Morgan fingerprint density at radius 2 is 2.10 bits per heavy atom. The highest BCUT2D eigenvalue weighted by atomic mass is 35.5. The molecule has 1 atom stereocenters. The number of carbonyl (C=O) groups is 2. The standard InChI is InChI=1S/C15H19ClN2O3/c1-15(2)6-3-7-18(12(15)14(20)21)11-8-9(16)4-5-10(11)13(17)19/h4-5,8,12H,3,6-7H2,1-2H3,(H2,17,19)(H,20,21). The van der Waals surface area contributed by atoms with E-state index in [1.165, 1.54) is 0 Å². The normalized spacial score (nSPS) is 21.1. The van der Waals surface area contributed by atoms with E-state index in [-0.39, 0.29) is 0 Å². The molecule has 1 saturated heterocycles. The minimum Gasteiger partial charge on any atom is -0.480 e. The number of piperidine rings is 1. The first-order chi connectivity index (χ1) is 9.74. The predicted molar refractivity (Wildman–Crippen MR) is 81.8 cm³/mol. The van der Waals surface area contributed by atoms with Crippen molar-refractivity contribution in [1.82, 2.24) is 0 Å². The van der Waals surface area contributed by atoms with Gasteiger partial charge in [0, 0.05) is 11.6 Å². The average molecular weight is 311 g/mol. The van der Waals surface area contributed by atoms with Gasteiger partial charge in [-0.3, -0.25) is 4.79 Å². The molecule has 1 aliphatic heterocycles. The summed E-state index contributed by atoms with van der Waals surface area (Å²) >= 11 is 6.01. The van der Waals surface area contributed by atoms with Gasteiger partial charge in [0.05, 0.1) is 11.3 Å². The summed E-state index contributed by atoms with van der Waals surface area (Å²) in [4.78, 5) is 25.1. The molecule has 5 nitrogen and oxygen atoms in total. The zero-order valence-corrected chi connectivity index (χ0v) is 12.9. The topological polar surface area (TPSA) is 83.6 Å². The summed E-state index contributed by atoms with van der Waals surface area (Å²) in [5.41, 5.74) is 5.79. The van der Waals surface area contributed by atoms with Gasteiger partial charge < -0.3 is 15.7 Å². The third-order valence-electron chi connectivity index (χ3n) is 4.04. The Hall–Kier alpha value is -1.75. The SMILES string of the molecule is CC1(C)CCCN(c2cc(Cl)ccc2C(N)=O)C1C(=O)O. The fourth-order valence-corrected chi connectivity index (χ4v) is 3.24. The van der Waals surface area contributed by atoms with Crippen LogP contribution in [0, 0.1) is 5.41 Å². The fraction of sp³-hybridized carbons (Fsp3) is 0.467. The van der Waals surface area contributed by atoms with Gasteiger partial charge in [-0.2, -0.15) is 0 Å². The Balaban J connectivity index is 2.55. The van der Waals surface area contributed by atoms with Crippen LogP contribution in [0.5, 0.6) is 0 Å². The van der Waals surface area contributed by atoms with Crippen LogP contribution < -0.4 is 10.6 Å². The molecule has 0 bridgehead atoms. The highest BCUT2D eigenvalue weighted by Crippen LogP contribution is 2.39. The van der Waals surface area contributed by atoms with Crippen LogP contribution in [-0.4, -0.2) is 29.6 Å². The molecule has 0 spiro atoms. The van der Waals surface area contributed by atoms with E-state index >= 15 is 0 Å². The second kappa shape index (κ2) is 5.56. The summed E-state index contributed by atoms with van der Waals surface area (Å²) in [5.74, 6) is -1.50. The molecule has 6 heteroatoms. The molecule has 1 fully saturated rings. The number of halogens is 1. The highest BCUT2D eigenvalue weighted by Gasteiger charge is 2.43. The van der Waals surface area contributed by atoms with Crippen molar-refractivity contribution >= 4 is 29.2 Å². The van der Waals surface area contributed by atoms with Gasteiger partial charge in [-0.15, -0.1) is 0 Å². The van der Waals surface area contributed by atoms with Crippen molar-refractivity contribution in [3.05, 3.63) is 28.8 Å². The number of anilines is 1. The van der Waals surface area contributed by atoms with Crippen molar-refractivity contribution in [1.29, 1.82) is 0 Å². The van der Waals surface area contributed by atoms with E-state index in [4.69, 9.17) is 17.3 Å². The minimum atomic E-state index is -0.907. The molecule has 0 aliphatic carbocycles. The second-order valence-electron chi connectivity index (χ2n) is 6.05. The molecule has 1 aliphatic rings. The van der Waals surface area contributed by atoms with Crippen LogP contribution in [0.25, 0.3) is 0 Å². The van der Waals surface area contributed by atoms with E-state index in [1.54, 1.807) is 23.1 Å². The van der Waals surface area contributed by atoms with Crippen LogP contribution in [0.2, 0.25) is 5.02 Å². The number of aliphatic carboxylic acids is 1. The maximum Gasteiger partial charge on any atom is 0.326 e. The van der Waals surface area contributed by atoms with Gasteiger partial charge in [-0.1, -0.05) is 25.4 Å². The van der Waals surface area contributed by atoms with E-state index in [1.807, 2.05) is 13.8 Å². The zero-order chi connectivity index (χ0) is 15.8. The van der Waals surface area contributed by atoms with E-state index in [0.29, 0.717) is 22.8 Å². The smallest absolute Gasteiger partial charge is 0.326 e. The number of carboxylic acid groups (broad SMARTS) is 1. The minimum absolute atomic E-state index is 0.295. The predicted octanol–water partition coefficient (Wildman–Crippen LogP) is 2.52. The second-order valence-corrected chi connectivity index (χ2v) is 6.49. The third kappa shape index (κ3) is 2.97. The Bertz CT molecular complexity index is 586. The van der Waals surface area contributed by atoms with Crippen molar-refractivity contribution in [2.45, 2.75) is 32.7 Å². The molecule has 1 aromatic carbocycles. The number of amides is 1. The summed E-state index contributed by atoms with van der Waals surface area (Å²) < 4.78 is 0. The lowest BCUT2D eigenvalue weighted by atomic mass is 9.76. The lowest BCUT2D eigenvalue weighted by Gasteiger charge is -2.45. The summed E-state index contributed by atoms with van der Waals surface area (Å²) in [7, 11) is 0. The Kier molecular flexibility index (Phi) is 4.14. The lowest BCUT2D eigenvalue weighted by molar-refractivity contribution is -0.142. The first kappa shape index (κ1) is 15.6. The Morgan fingerprint density at radius 1 is 1.43 bits per heavy atom. The maximum atomic E-state index is 11.7. The number of benzene rings is 1. The summed E-state index contributed by atoms with van der Waals surface area (Å²) in [6.45, 7) is 4.40. The van der Waals surface area contributed by atoms with E-state index in [2.05, 4.69) is 0 Å². The molecular weight excluding hydrogens is 292 g/mol. The number of primary amides is 1. The molecule has 0 saturated carbocycles. The molecule has 1 amide bonds. The first-order valence-corrected chi connectivity index (χ1v) is 7.20. The van der Waals surface area contributed by atoms with Crippen LogP contribution in [0.3, 0.4) is 0 Å². The average Bonchev–Trinajstić information content (AvgIpc) is 2.36. The van der Waals surface area contributed by atoms with Crippen LogP contribution >= 0.6 is 11.6 Å². The van der Waals surface area contributed by atoms with Crippen molar-refractivity contribution in [3.63, 3.8) is 0 Å². The summed E-state index contributed by atoms with van der Waals surface area (Å²) in [5, 5.41) is 10.1. The quantitative estimate of drug-likeness (QED) is 0.898. The van der Waals surface area contributed by atoms with Crippen molar-refractivity contribution in [2.75, 3.05) is 11.4 Å². The van der Waals surface area contributed by atoms with Gasteiger partial charge in [-0.05, 0) is 36.5 Å². The number of carboxylic acids is 1. The number of rotatable bonds is 3. The van der Waals surface area contributed by atoms with E-state index in [9.17, 15) is 14.7 Å². The monoisotopic (exact) mass is 310 g/mol. The summed E-state index contributed by atoms with van der Waals surface area (Å²) in [6.07, 6.45) is 1.66. The van der Waals surface area contributed by atoms with Crippen LogP contribution in [-0.2, 0) is 4.79 Å². The number of hydrogen-bond donors (Lipinski definition) is 2. The van der Waals surface area contributed by atoms with Crippen molar-refractivity contribution < 1.29 is 14.7 Å². The molecule has 0 radical (unpaired) electrons. The molecular formula is C15H19ClN2O3. The molecule has 1 heterocycles. The molecule has 1 unspecified atom stereocenters. The van der Waals surface area contributed by atoms with Gasteiger partial charge in [-0.25, -0.2) is 4.79 Å². The largest absolute Gasteiger partial charge is 0.480 e. The fourth-order valence-electron chi connectivity index (χ4n) is 3.07. The molecule has 3 N–H and O–H groups in total.